The van der Waals surface area contributed by atoms with E-state index in [1.165, 1.54) is 0 Å². The summed E-state index contributed by atoms with van der Waals surface area (Å²) in [6, 6.07) is 11.0. The van der Waals surface area contributed by atoms with Gasteiger partial charge in [0.15, 0.2) is 6.35 Å². The molecule has 130 valence electrons. The van der Waals surface area contributed by atoms with E-state index in [1.807, 2.05) is 39.0 Å². The van der Waals surface area contributed by atoms with Crippen LogP contribution < -0.4 is 4.74 Å². The lowest BCUT2D eigenvalue weighted by Gasteiger charge is -2.13. The van der Waals surface area contributed by atoms with Crippen molar-refractivity contribution in [1.29, 1.82) is 0 Å². The summed E-state index contributed by atoms with van der Waals surface area (Å²) in [5.74, 6) is 0.995. The molecule has 0 aliphatic heterocycles. The highest BCUT2D eigenvalue weighted by Gasteiger charge is 2.14. The van der Waals surface area contributed by atoms with Crippen LogP contribution >= 0.6 is 7.60 Å². The molecule has 2 rings (SSSR count). The van der Waals surface area contributed by atoms with Gasteiger partial charge in [-0.1, -0.05) is 32.0 Å². The molecule has 0 bridgehead atoms. The zero-order valence-electron chi connectivity index (χ0n) is 14.1. The molecule has 2 aromatic carbocycles. The highest BCUT2D eigenvalue weighted by atomic mass is 31.2. The third kappa shape index (κ3) is 5.10. The minimum absolute atomic E-state index is 0.245. The summed E-state index contributed by atoms with van der Waals surface area (Å²) >= 11 is 0. The molecule has 0 saturated carbocycles. The summed E-state index contributed by atoms with van der Waals surface area (Å²) in [5.41, 5.74) is 4.10. The Labute approximate surface area is 142 Å². The van der Waals surface area contributed by atoms with Gasteiger partial charge in [-0.05, 0) is 59.7 Å². The second kappa shape index (κ2) is 7.39. The maximum atomic E-state index is 10.9. The highest BCUT2D eigenvalue weighted by molar-refractivity contribution is 7.51. The minimum atomic E-state index is -4.18. The van der Waals surface area contributed by atoms with Gasteiger partial charge in [-0.2, -0.15) is 0 Å². The first-order valence-electron chi connectivity index (χ1n) is 7.74. The summed E-state index contributed by atoms with van der Waals surface area (Å²) < 4.78 is 16.0. The summed E-state index contributed by atoms with van der Waals surface area (Å²) in [6.07, 6.45) is 0.0894. The molecular formula is C18H23O5P. The van der Waals surface area contributed by atoms with Crippen molar-refractivity contribution in [3.8, 4) is 11.5 Å². The first-order chi connectivity index (χ1) is 11.2. The number of aromatic hydroxyl groups is 1. The Morgan fingerprint density at radius 3 is 2.42 bits per heavy atom. The normalized spacial score (nSPS) is 11.8. The fraction of sp³-hybridized carbons (Fsp3) is 0.333. The van der Waals surface area contributed by atoms with E-state index in [1.54, 1.807) is 18.2 Å². The molecule has 0 aromatic heterocycles. The maximum absolute atomic E-state index is 10.9. The number of ether oxygens (including phenoxy) is 1. The smallest absolute Gasteiger partial charge is 0.362 e. The number of benzene rings is 2. The number of hydrogen-bond acceptors (Lipinski definition) is 3. The monoisotopic (exact) mass is 350 g/mol. The third-order valence-electron chi connectivity index (χ3n) is 3.82. The predicted molar refractivity (Wildman–Crippen MR) is 93.7 cm³/mol. The van der Waals surface area contributed by atoms with E-state index >= 15 is 0 Å². The van der Waals surface area contributed by atoms with E-state index in [-0.39, 0.29) is 5.92 Å². The topological polar surface area (TPSA) is 87.0 Å². The Morgan fingerprint density at radius 1 is 1.12 bits per heavy atom. The van der Waals surface area contributed by atoms with Crippen LogP contribution in [-0.2, 0) is 11.0 Å². The van der Waals surface area contributed by atoms with Crippen LogP contribution in [0.15, 0.2) is 36.4 Å². The zero-order valence-corrected chi connectivity index (χ0v) is 15.0. The number of rotatable bonds is 6. The zero-order chi connectivity index (χ0) is 17.9. The molecule has 5 nitrogen and oxygen atoms in total. The molecule has 0 heterocycles. The van der Waals surface area contributed by atoms with Crippen molar-refractivity contribution < 1.29 is 24.2 Å². The fourth-order valence-corrected chi connectivity index (χ4v) is 2.83. The van der Waals surface area contributed by atoms with Crippen LogP contribution in [0.5, 0.6) is 11.5 Å². The number of hydrogen-bond donors (Lipinski definition) is 3. The molecule has 0 aliphatic rings. The Morgan fingerprint density at radius 2 is 1.83 bits per heavy atom. The van der Waals surface area contributed by atoms with E-state index in [0.717, 1.165) is 22.3 Å². The van der Waals surface area contributed by atoms with Crippen molar-refractivity contribution in [1.82, 2.24) is 0 Å². The molecule has 2 aromatic rings. The van der Waals surface area contributed by atoms with Crippen molar-refractivity contribution in [3.63, 3.8) is 0 Å². The van der Waals surface area contributed by atoms with Crippen molar-refractivity contribution >= 4 is 7.60 Å². The van der Waals surface area contributed by atoms with Gasteiger partial charge in [-0.25, -0.2) is 0 Å². The van der Waals surface area contributed by atoms with E-state index < -0.39 is 13.9 Å². The number of aryl methyl sites for hydroxylation is 1. The third-order valence-corrected chi connectivity index (χ3v) is 4.29. The molecule has 0 unspecified atom stereocenters. The van der Waals surface area contributed by atoms with Crippen LogP contribution in [0.4, 0.5) is 0 Å². The summed E-state index contributed by atoms with van der Waals surface area (Å²) in [6.45, 7) is 6.01. The molecule has 0 fully saturated rings. The second-order valence-corrected chi connectivity index (χ2v) is 7.84. The van der Waals surface area contributed by atoms with Crippen LogP contribution in [0.3, 0.4) is 0 Å². The largest absolute Gasteiger partial charge is 0.508 e. The lowest BCUT2D eigenvalue weighted by atomic mass is 9.95. The molecule has 0 spiro atoms. The van der Waals surface area contributed by atoms with Gasteiger partial charge in [-0.15, -0.1) is 0 Å². The molecule has 0 aliphatic carbocycles. The average molecular weight is 350 g/mol. The minimum Gasteiger partial charge on any atom is -0.508 e. The van der Waals surface area contributed by atoms with Gasteiger partial charge in [0.1, 0.15) is 11.5 Å². The van der Waals surface area contributed by atoms with E-state index in [9.17, 15) is 9.67 Å². The molecule has 3 N–H and O–H groups in total. The Hall–Kier alpha value is -1.81. The maximum Gasteiger partial charge on any atom is 0.362 e. The van der Waals surface area contributed by atoms with Gasteiger partial charge >= 0.3 is 7.60 Å². The lowest BCUT2D eigenvalue weighted by Crippen LogP contribution is -2.00. The lowest BCUT2D eigenvalue weighted by molar-refractivity contribution is 0.300. The van der Waals surface area contributed by atoms with Gasteiger partial charge in [0.2, 0.25) is 0 Å². The molecule has 0 radical (unpaired) electrons. The SMILES string of the molecule is Cc1cc(OCP(=O)(O)O)ccc1Cc1ccc(O)c(C(C)C)c1. The number of phenolic OH excluding ortho intramolecular Hbond substituents is 1. The summed E-state index contributed by atoms with van der Waals surface area (Å²) in [4.78, 5) is 17.7. The Balaban J connectivity index is 2.16. The van der Waals surface area contributed by atoms with E-state index in [0.29, 0.717) is 17.9 Å². The molecule has 24 heavy (non-hydrogen) atoms. The van der Waals surface area contributed by atoms with Crippen LogP contribution in [0, 0.1) is 6.92 Å². The van der Waals surface area contributed by atoms with Crippen molar-refractivity contribution in [3.05, 3.63) is 58.7 Å². The van der Waals surface area contributed by atoms with Gasteiger partial charge in [-0.3, -0.25) is 4.57 Å². The van der Waals surface area contributed by atoms with Gasteiger partial charge in [0.25, 0.3) is 0 Å². The molecule has 6 heteroatoms. The standard InChI is InChI=1S/C18H23O5P/c1-12(2)17-10-14(4-7-18(17)19)9-15-5-6-16(8-13(15)3)23-11-24(20,21)22/h4-8,10,12,19H,9,11H2,1-3H3,(H2,20,21,22). The van der Waals surface area contributed by atoms with Crippen LogP contribution in [-0.4, -0.2) is 21.2 Å². The quantitative estimate of drug-likeness (QED) is 0.687. The number of phenols is 1. The second-order valence-electron chi connectivity index (χ2n) is 6.25. The van der Waals surface area contributed by atoms with Crippen LogP contribution in [0.2, 0.25) is 0 Å². The van der Waals surface area contributed by atoms with Gasteiger partial charge in [0, 0.05) is 0 Å². The highest BCUT2D eigenvalue weighted by Crippen LogP contribution is 2.35. The Bertz CT molecular complexity index is 764. The van der Waals surface area contributed by atoms with Gasteiger partial charge in [0.05, 0.1) is 0 Å². The van der Waals surface area contributed by atoms with Crippen molar-refractivity contribution in [2.45, 2.75) is 33.1 Å². The molecular weight excluding hydrogens is 327 g/mol. The molecule has 0 atom stereocenters. The van der Waals surface area contributed by atoms with E-state index in [2.05, 4.69) is 0 Å². The first kappa shape index (κ1) is 18.5. The van der Waals surface area contributed by atoms with Crippen molar-refractivity contribution in [2.75, 3.05) is 6.35 Å². The summed E-state index contributed by atoms with van der Waals surface area (Å²) in [5, 5.41) is 9.91. The fourth-order valence-electron chi connectivity index (χ4n) is 2.51. The average Bonchev–Trinajstić information content (AvgIpc) is 2.48. The first-order valence-corrected chi connectivity index (χ1v) is 9.54. The molecule has 0 saturated heterocycles. The van der Waals surface area contributed by atoms with Crippen LogP contribution in [0.1, 0.15) is 42.0 Å². The summed E-state index contributed by atoms with van der Waals surface area (Å²) in [7, 11) is -4.18. The predicted octanol–water partition coefficient (Wildman–Crippen LogP) is 3.93. The van der Waals surface area contributed by atoms with E-state index in [4.69, 9.17) is 14.5 Å². The molecule has 0 amide bonds. The van der Waals surface area contributed by atoms with Crippen molar-refractivity contribution in [2.24, 2.45) is 0 Å². The Kier molecular flexibility index (Phi) is 5.70. The van der Waals surface area contributed by atoms with Gasteiger partial charge < -0.3 is 19.6 Å². The van der Waals surface area contributed by atoms with Crippen LogP contribution in [0.25, 0.3) is 0 Å².